The molecule has 0 unspecified atom stereocenters. The number of anilines is 1. The first-order chi connectivity index (χ1) is 9.65. The molecule has 0 radical (unpaired) electrons. The number of benzene rings is 1. The highest BCUT2D eigenvalue weighted by molar-refractivity contribution is 9.10. The Balaban J connectivity index is 2.02. The van der Waals surface area contributed by atoms with Crippen LogP contribution in [-0.2, 0) is 6.42 Å². The summed E-state index contributed by atoms with van der Waals surface area (Å²) in [7, 11) is 2.24. The molecule has 0 aliphatic heterocycles. The summed E-state index contributed by atoms with van der Waals surface area (Å²) in [6.45, 7) is 3.02. The van der Waals surface area contributed by atoms with Gasteiger partial charge in [0.25, 0.3) is 0 Å². The van der Waals surface area contributed by atoms with E-state index >= 15 is 0 Å². The highest BCUT2D eigenvalue weighted by Crippen LogP contribution is 2.32. The first-order valence-electron chi connectivity index (χ1n) is 7.87. The molecule has 0 atom stereocenters. The van der Waals surface area contributed by atoms with Crippen molar-refractivity contribution in [3.63, 3.8) is 0 Å². The highest BCUT2D eigenvalue weighted by Gasteiger charge is 2.23. The Labute approximate surface area is 131 Å². The summed E-state index contributed by atoms with van der Waals surface area (Å²) in [6.07, 6.45) is 7.71. The maximum absolute atomic E-state index is 5.64. The fourth-order valence-corrected chi connectivity index (χ4v) is 3.83. The maximum atomic E-state index is 5.64. The van der Waals surface area contributed by atoms with Gasteiger partial charge in [0.05, 0.1) is 0 Å². The third kappa shape index (κ3) is 3.76. The molecule has 0 heterocycles. The second kappa shape index (κ2) is 7.46. The van der Waals surface area contributed by atoms with E-state index in [9.17, 15) is 0 Å². The minimum atomic E-state index is 0.699. The van der Waals surface area contributed by atoms with Crippen molar-refractivity contribution in [1.82, 2.24) is 0 Å². The number of hydrogen-bond acceptors (Lipinski definition) is 2. The fraction of sp³-hybridized carbons (Fsp3) is 0.647. The molecule has 1 saturated carbocycles. The average molecular weight is 339 g/mol. The van der Waals surface area contributed by atoms with Crippen LogP contribution in [0.15, 0.2) is 22.7 Å². The summed E-state index contributed by atoms with van der Waals surface area (Å²) >= 11 is 3.68. The summed E-state index contributed by atoms with van der Waals surface area (Å²) in [5.74, 6) is 0.957. The van der Waals surface area contributed by atoms with Gasteiger partial charge in [-0.25, -0.2) is 0 Å². The SMILES string of the molecule is CCC1CCC(N(C)c2ccc(CCN)c(Br)c2)CC1. The molecule has 1 aromatic rings. The molecule has 0 spiro atoms. The van der Waals surface area contributed by atoms with Gasteiger partial charge in [-0.2, -0.15) is 0 Å². The molecular weight excluding hydrogens is 312 g/mol. The molecule has 0 amide bonds. The van der Waals surface area contributed by atoms with Crippen LogP contribution < -0.4 is 10.6 Å². The van der Waals surface area contributed by atoms with Gasteiger partial charge in [-0.05, 0) is 62.3 Å². The topological polar surface area (TPSA) is 29.3 Å². The fourth-order valence-electron chi connectivity index (χ4n) is 3.27. The standard InChI is InChI=1S/C17H27BrN2/c1-3-13-4-7-15(8-5-13)20(2)16-9-6-14(10-11-19)17(18)12-16/h6,9,12-13,15H,3-5,7-8,10-11,19H2,1-2H3. The Morgan fingerprint density at radius 2 is 1.95 bits per heavy atom. The van der Waals surface area contributed by atoms with Gasteiger partial charge < -0.3 is 10.6 Å². The molecule has 20 heavy (non-hydrogen) atoms. The van der Waals surface area contributed by atoms with Gasteiger partial charge in [-0.3, -0.25) is 0 Å². The van der Waals surface area contributed by atoms with E-state index < -0.39 is 0 Å². The maximum Gasteiger partial charge on any atom is 0.0377 e. The van der Waals surface area contributed by atoms with Crippen LogP contribution in [0, 0.1) is 5.92 Å². The molecule has 1 fully saturated rings. The zero-order valence-electron chi connectivity index (χ0n) is 12.7. The van der Waals surface area contributed by atoms with Crippen LogP contribution in [0.4, 0.5) is 5.69 Å². The predicted molar refractivity (Wildman–Crippen MR) is 91.3 cm³/mol. The van der Waals surface area contributed by atoms with Crippen LogP contribution in [-0.4, -0.2) is 19.6 Å². The van der Waals surface area contributed by atoms with Crippen LogP contribution in [0.5, 0.6) is 0 Å². The summed E-state index contributed by atoms with van der Waals surface area (Å²) < 4.78 is 1.19. The molecule has 2 nitrogen and oxygen atoms in total. The van der Waals surface area contributed by atoms with Crippen LogP contribution >= 0.6 is 15.9 Å². The third-order valence-corrected chi connectivity index (χ3v) is 5.54. The molecule has 0 bridgehead atoms. The Hall–Kier alpha value is -0.540. The molecule has 2 N–H and O–H groups in total. The molecule has 1 aromatic carbocycles. The van der Waals surface area contributed by atoms with Crippen molar-refractivity contribution in [3.8, 4) is 0 Å². The van der Waals surface area contributed by atoms with Crippen LogP contribution in [0.1, 0.15) is 44.6 Å². The summed E-state index contributed by atoms with van der Waals surface area (Å²) in [5, 5.41) is 0. The quantitative estimate of drug-likeness (QED) is 0.864. The van der Waals surface area contributed by atoms with Crippen molar-refractivity contribution in [1.29, 1.82) is 0 Å². The number of nitrogens with zero attached hydrogens (tertiary/aromatic N) is 1. The van der Waals surface area contributed by atoms with Crippen LogP contribution in [0.3, 0.4) is 0 Å². The van der Waals surface area contributed by atoms with E-state index in [0.29, 0.717) is 12.6 Å². The molecule has 1 aliphatic carbocycles. The number of halogens is 1. The average Bonchev–Trinajstić information content (AvgIpc) is 2.49. The normalized spacial score (nSPS) is 22.8. The van der Waals surface area contributed by atoms with E-state index in [1.807, 2.05) is 0 Å². The predicted octanol–water partition coefficient (Wildman–Crippen LogP) is 4.36. The zero-order chi connectivity index (χ0) is 14.5. The summed E-state index contributed by atoms with van der Waals surface area (Å²) in [5.41, 5.74) is 8.26. The second-order valence-corrected chi connectivity index (χ2v) is 6.86. The lowest BCUT2D eigenvalue weighted by Crippen LogP contribution is -2.35. The van der Waals surface area contributed by atoms with Crippen molar-refractivity contribution in [2.24, 2.45) is 11.7 Å². The van der Waals surface area contributed by atoms with Crippen molar-refractivity contribution < 1.29 is 0 Å². The van der Waals surface area contributed by atoms with Gasteiger partial charge in [0.2, 0.25) is 0 Å². The molecule has 3 heteroatoms. The van der Waals surface area contributed by atoms with E-state index in [0.717, 1.165) is 12.3 Å². The summed E-state index contributed by atoms with van der Waals surface area (Å²) in [6, 6.07) is 7.39. The lowest BCUT2D eigenvalue weighted by Gasteiger charge is -2.36. The van der Waals surface area contributed by atoms with E-state index in [2.05, 4.69) is 53.0 Å². The molecule has 0 aromatic heterocycles. The molecule has 0 saturated heterocycles. The van der Waals surface area contributed by atoms with E-state index in [1.165, 1.54) is 47.8 Å². The number of hydrogen-bond donors (Lipinski definition) is 1. The van der Waals surface area contributed by atoms with E-state index in [1.54, 1.807) is 0 Å². The van der Waals surface area contributed by atoms with Gasteiger partial charge in [-0.15, -0.1) is 0 Å². The molecular formula is C17H27BrN2. The van der Waals surface area contributed by atoms with Gasteiger partial charge in [0, 0.05) is 23.2 Å². The minimum Gasteiger partial charge on any atom is -0.372 e. The summed E-state index contributed by atoms with van der Waals surface area (Å²) in [4.78, 5) is 2.46. The van der Waals surface area contributed by atoms with Crippen molar-refractivity contribution in [2.75, 3.05) is 18.5 Å². The lowest BCUT2D eigenvalue weighted by atomic mass is 9.84. The Morgan fingerprint density at radius 3 is 2.50 bits per heavy atom. The lowest BCUT2D eigenvalue weighted by molar-refractivity contribution is 0.313. The number of rotatable bonds is 5. The monoisotopic (exact) mass is 338 g/mol. The van der Waals surface area contributed by atoms with Gasteiger partial charge in [-0.1, -0.05) is 35.3 Å². The Bertz CT molecular complexity index is 425. The smallest absolute Gasteiger partial charge is 0.0377 e. The zero-order valence-corrected chi connectivity index (χ0v) is 14.3. The van der Waals surface area contributed by atoms with Crippen molar-refractivity contribution >= 4 is 21.6 Å². The van der Waals surface area contributed by atoms with Crippen molar-refractivity contribution in [2.45, 2.75) is 51.5 Å². The van der Waals surface area contributed by atoms with E-state index in [-0.39, 0.29) is 0 Å². The molecule has 1 aliphatic rings. The van der Waals surface area contributed by atoms with Gasteiger partial charge in [0.1, 0.15) is 0 Å². The van der Waals surface area contributed by atoms with Gasteiger partial charge in [0.15, 0.2) is 0 Å². The van der Waals surface area contributed by atoms with Gasteiger partial charge >= 0.3 is 0 Å². The largest absolute Gasteiger partial charge is 0.372 e. The Kier molecular flexibility index (Phi) is 5.91. The van der Waals surface area contributed by atoms with Crippen LogP contribution in [0.2, 0.25) is 0 Å². The molecule has 2 rings (SSSR count). The molecule has 112 valence electrons. The second-order valence-electron chi connectivity index (χ2n) is 6.01. The first kappa shape index (κ1) is 15.8. The first-order valence-corrected chi connectivity index (χ1v) is 8.66. The van der Waals surface area contributed by atoms with Crippen LogP contribution in [0.25, 0.3) is 0 Å². The van der Waals surface area contributed by atoms with E-state index in [4.69, 9.17) is 5.73 Å². The third-order valence-electron chi connectivity index (χ3n) is 4.80. The Morgan fingerprint density at radius 1 is 1.25 bits per heavy atom. The highest BCUT2D eigenvalue weighted by atomic mass is 79.9. The van der Waals surface area contributed by atoms with Crippen molar-refractivity contribution in [3.05, 3.63) is 28.2 Å². The number of nitrogens with two attached hydrogens (primary N) is 1. The minimum absolute atomic E-state index is 0.699.